The number of carbonyl (C=O) groups excluding carboxylic acids is 1. The standard InChI is InChI=1S/C13H23NO2/c1-6-13(5,9-15)8-12(14-7-2)10(3)11(4)16/h7,15H,6,8-9H2,1-5H3/b12-10+,14-7?. The second-order valence-corrected chi connectivity index (χ2v) is 4.51. The first kappa shape index (κ1) is 15.0. The highest BCUT2D eigenvalue weighted by Crippen LogP contribution is 2.30. The maximum absolute atomic E-state index is 11.3. The van der Waals surface area contributed by atoms with Crippen molar-refractivity contribution in [3.8, 4) is 0 Å². The molecule has 3 heteroatoms. The molecule has 0 fully saturated rings. The van der Waals surface area contributed by atoms with Crippen molar-refractivity contribution in [1.29, 1.82) is 0 Å². The fourth-order valence-corrected chi connectivity index (χ4v) is 1.33. The second kappa shape index (κ2) is 6.59. The van der Waals surface area contributed by atoms with E-state index in [0.717, 1.165) is 12.1 Å². The molecule has 1 N–H and O–H groups in total. The van der Waals surface area contributed by atoms with E-state index in [1.54, 1.807) is 20.1 Å². The van der Waals surface area contributed by atoms with Crippen LogP contribution in [-0.4, -0.2) is 23.7 Å². The Morgan fingerprint density at radius 1 is 1.44 bits per heavy atom. The molecule has 0 amide bonds. The summed E-state index contributed by atoms with van der Waals surface area (Å²) in [5.41, 5.74) is 1.28. The van der Waals surface area contributed by atoms with E-state index in [-0.39, 0.29) is 17.8 Å². The summed E-state index contributed by atoms with van der Waals surface area (Å²) < 4.78 is 0. The number of aliphatic hydroxyl groups is 1. The van der Waals surface area contributed by atoms with Gasteiger partial charge in [0.2, 0.25) is 0 Å². The summed E-state index contributed by atoms with van der Waals surface area (Å²) in [6.07, 6.45) is 3.18. The molecule has 0 aromatic heterocycles. The largest absolute Gasteiger partial charge is 0.396 e. The van der Waals surface area contributed by atoms with Crippen LogP contribution in [0.5, 0.6) is 0 Å². The highest BCUT2D eigenvalue weighted by atomic mass is 16.3. The van der Waals surface area contributed by atoms with Crippen LogP contribution in [0.4, 0.5) is 0 Å². The SMILES string of the molecule is CC=N/C(CC(C)(CC)CO)=C(\C)C(C)=O. The van der Waals surface area contributed by atoms with Crippen LogP contribution in [0, 0.1) is 5.41 Å². The first-order chi connectivity index (χ1) is 7.40. The van der Waals surface area contributed by atoms with Crippen LogP contribution < -0.4 is 0 Å². The lowest BCUT2D eigenvalue weighted by atomic mass is 9.82. The van der Waals surface area contributed by atoms with Crippen molar-refractivity contribution in [2.45, 2.75) is 47.5 Å². The van der Waals surface area contributed by atoms with Gasteiger partial charge in [-0.2, -0.15) is 0 Å². The molecule has 0 radical (unpaired) electrons. The first-order valence-corrected chi connectivity index (χ1v) is 5.70. The maximum Gasteiger partial charge on any atom is 0.157 e. The van der Waals surface area contributed by atoms with Gasteiger partial charge in [-0.15, -0.1) is 0 Å². The highest BCUT2D eigenvalue weighted by Gasteiger charge is 2.24. The fourth-order valence-electron chi connectivity index (χ4n) is 1.33. The van der Waals surface area contributed by atoms with Crippen LogP contribution in [-0.2, 0) is 4.79 Å². The summed E-state index contributed by atoms with van der Waals surface area (Å²) in [4.78, 5) is 15.6. The molecule has 0 aliphatic carbocycles. The molecule has 1 atom stereocenters. The summed E-state index contributed by atoms with van der Waals surface area (Å²) in [6, 6.07) is 0. The molecule has 0 aromatic carbocycles. The minimum Gasteiger partial charge on any atom is -0.396 e. The van der Waals surface area contributed by atoms with Crippen molar-refractivity contribution in [2.75, 3.05) is 6.61 Å². The number of rotatable bonds is 6. The third-order valence-corrected chi connectivity index (χ3v) is 3.08. The molecule has 0 aromatic rings. The van der Waals surface area contributed by atoms with Gasteiger partial charge in [-0.25, -0.2) is 0 Å². The number of Topliss-reactive ketones (excluding diaryl/α,β-unsaturated/α-hetero) is 1. The minimum absolute atomic E-state index is 0.0389. The average Bonchev–Trinajstić information content (AvgIpc) is 2.27. The van der Waals surface area contributed by atoms with E-state index in [0.29, 0.717) is 12.0 Å². The molecular formula is C13H23NO2. The van der Waals surface area contributed by atoms with Gasteiger partial charge in [0.25, 0.3) is 0 Å². The van der Waals surface area contributed by atoms with Gasteiger partial charge < -0.3 is 5.11 Å². The number of nitrogens with zero attached hydrogens (tertiary/aromatic N) is 1. The fraction of sp³-hybridized carbons (Fsp3) is 0.692. The van der Waals surface area contributed by atoms with Crippen LogP contribution in [0.25, 0.3) is 0 Å². The smallest absolute Gasteiger partial charge is 0.157 e. The second-order valence-electron chi connectivity index (χ2n) is 4.51. The molecule has 92 valence electrons. The Bertz CT molecular complexity index is 299. The number of hydrogen-bond acceptors (Lipinski definition) is 3. The molecule has 0 saturated heterocycles. The van der Waals surface area contributed by atoms with Gasteiger partial charge in [0, 0.05) is 24.1 Å². The molecule has 0 rings (SSSR count). The number of hydrogen-bond donors (Lipinski definition) is 1. The number of allylic oxidation sites excluding steroid dienone is 2. The Morgan fingerprint density at radius 2 is 2.00 bits per heavy atom. The Balaban J connectivity index is 5.11. The van der Waals surface area contributed by atoms with Gasteiger partial charge >= 0.3 is 0 Å². The molecule has 0 aliphatic heterocycles. The zero-order valence-electron chi connectivity index (χ0n) is 11.0. The van der Waals surface area contributed by atoms with E-state index >= 15 is 0 Å². The number of aliphatic imine (C=N–C) groups is 1. The van der Waals surface area contributed by atoms with Gasteiger partial charge in [0.1, 0.15) is 0 Å². The Hall–Kier alpha value is -0.960. The molecular weight excluding hydrogens is 202 g/mol. The van der Waals surface area contributed by atoms with Gasteiger partial charge in [-0.1, -0.05) is 13.8 Å². The monoisotopic (exact) mass is 225 g/mol. The van der Waals surface area contributed by atoms with Gasteiger partial charge in [-0.05, 0) is 39.0 Å². The first-order valence-electron chi connectivity index (χ1n) is 5.70. The van der Waals surface area contributed by atoms with Crippen LogP contribution in [0.1, 0.15) is 47.5 Å². The third-order valence-electron chi connectivity index (χ3n) is 3.08. The lowest BCUT2D eigenvalue weighted by Gasteiger charge is -2.26. The highest BCUT2D eigenvalue weighted by molar-refractivity contribution is 5.93. The number of carbonyl (C=O) groups is 1. The zero-order chi connectivity index (χ0) is 12.8. The third kappa shape index (κ3) is 4.27. The van der Waals surface area contributed by atoms with E-state index in [2.05, 4.69) is 4.99 Å². The maximum atomic E-state index is 11.3. The van der Waals surface area contributed by atoms with Crippen LogP contribution in [0.15, 0.2) is 16.3 Å². The van der Waals surface area contributed by atoms with Crippen molar-refractivity contribution in [3.63, 3.8) is 0 Å². The van der Waals surface area contributed by atoms with Gasteiger partial charge in [0.05, 0.1) is 0 Å². The Morgan fingerprint density at radius 3 is 2.31 bits per heavy atom. The quantitative estimate of drug-likeness (QED) is 0.558. The van der Waals surface area contributed by atoms with E-state index in [1.165, 1.54) is 0 Å². The summed E-state index contributed by atoms with van der Waals surface area (Å²) in [6.45, 7) is 9.31. The predicted octanol–water partition coefficient (Wildman–Crippen LogP) is 2.74. The molecule has 0 aliphatic rings. The van der Waals surface area contributed by atoms with Crippen molar-refractivity contribution >= 4 is 12.0 Å². The molecule has 0 bridgehead atoms. The van der Waals surface area contributed by atoms with E-state index in [9.17, 15) is 9.90 Å². The molecule has 1 unspecified atom stereocenters. The molecule has 0 heterocycles. The van der Waals surface area contributed by atoms with Gasteiger partial charge in [-0.3, -0.25) is 9.79 Å². The zero-order valence-corrected chi connectivity index (χ0v) is 11.0. The van der Waals surface area contributed by atoms with Crippen LogP contribution >= 0.6 is 0 Å². The summed E-state index contributed by atoms with van der Waals surface area (Å²) in [5, 5.41) is 9.36. The summed E-state index contributed by atoms with van der Waals surface area (Å²) in [5.74, 6) is 0.0389. The summed E-state index contributed by atoms with van der Waals surface area (Å²) >= 11 is 0. The molecule has 3 nitrogen and oxygen atoms in total. The minimum atomic E-state index is -0.196. The van der Waals surface area contributed by atoms with E-state index in [4.69, 9.17) is 0 Å². The lowest BCUT2D eigenvalue weighted by molar-refractivity contribution is -0.113. The topological polar surface area (TPSA) is 49.7 Å². The van der Waals surface area contributed by atoms with E-state index < -0.39 is 0 Å². The number of ketones is 1. The van der Waals surface area contributed by atoms with Crippen molar-refractivity contribution in [1.82, 2.24) is 0 Å². The van der Waals surface area contributed by atoms with Crippen LogP contribution in [0.2, 0.25) is 0 Å². The molecule has 0 saturated carbocycles. The molecule has 16 heavy (non-hydrogen) atoms. The van der Waals surface area contributed by atoms with Gasteiger partial charge in [0.15, 0.2) is 5.78 Å². The predicted molar refractivity (Wildman–Crippen MR) is 67.6 cm³/mol. The van der Waals surface area contributed by atoms with Crippen molar-refractivity contribution in [3.05, 3.63) is 11.3 Å². The molecule has 0 spiro atoms. The van der Waals surface area contributed by atoms with Crippen LogP contribution in [0.3, 0.4) is 0 Å². The normalized spacial score (nSPS) is 17.1. The van der Waals surface area contributed by atoms with E-state index in [1.807, 2.05) is 20.8 Å². The Kier molecular flexibility index (Phi) is 6.19. The van der Waals surface area contributed by atoms with Crippen molar-refractivity contribution < 1.29 is 9.90 Å². The number of aliphatic hydroxyl groups excluding tert-OH is 1. The Labute approximate surface area is 98.3 Å². The average molecular weight is 225 g/mol. The lowest BCUT2D eigenvalue weighted by Crippen LogP contribution is -2.21. The van der Waals surface area contributed by atoms with Crippen molar-refractivity contribution in [2.24, 2.45) is 10.4 Å². The summed E-state index contributed by atoms with van der Waals surface area (Å²) in [7, 11) is 0.